The van der Waals surface area contributed by atoms with E-state index in [1.54, 1.807) is 17.0 Å². The maximum absolute atomic E-state index is 12.4. The molecule has 0 bridgehead atoms. The van der Waals surface area contributed by atoms with Gasteiger partial charge in [-0.25, -0.2) is 4.79 Å². The summed E-state index contributed by atoms with van der Waals surface area (Å²) < 4.78 is 41.9. The van der Waals surface area contributed by atoms with Gasteiger partial charge in [-0.05, 0) is 67.1 Å². The summed E-state index contributed by atoms with van der Waals surface area (Å²) in [5.41, 5.74) is 1.19. The molecule has 1 aliphatic rings. The number of likely N-dealkylation sites (tertiary alicyclic amines) is 1. The fourth-order valence-corrected chi connectivity index (χ4v) is 3.92. The van der Waals surface area contributed by atoms with Crippen LogP contribution < -0.4 is 9.47 Å². The SMILES string of the molecule is CCC(C)c1ccc(OC(=O)N2CCC(C(=O)Oc3ccc(S(=O)(=O)O)cc3)CC2)cc1. The zero-order valence-electron chi connectivity index (χ0n) is 18.1. The minimum Gasteiger partial charge on any atom is -0.426 e. The number of carbonyl (C=O) groups is 2. The molecule has 0 aromatic heterocycles. The molecular weight excluding hydrogens is 434 g/mol. The first-order valence-electron chi connectivity index (χ1n) is 10.5. The summed E-state index contributed by atoms with van der Waals surface area (Å²) in [4.78, 5) is 26.1. The van der Waals surface area contributed by atoms with Crippen LogP contribution in [0, 0.1) is 5.92 Å². The highest BCUT2D eigenvalue weighted by Gasteiger charge is 2.29. The van der Waals surface area contributed by atoms with Crippen molar-refractivity contribution < 1.29 is 32.0 Å². The molecule has 172 valence electrons. The van der Waals surface area contributed by atoms with Gasteiger partial charge in [0.2, 0.25) is 0 Å². The molecule has 1 aliphatic heterocycles. The first-order chi connectivity index (χ1) is 15.2. The van der Waals surface area contributed by atoms with Gasteiger partial charge in [-0.15, -0.1) is 0 Å². The summed E-state index contributed by atoms with van der Waals surface area (Å²) in [5, 5.41) is 0. The third-order valence-corrected chi connectivity index (χ3v) is 6.56. The lowest BCUT2D eigenvalue weighted by molar-refractivity contribution is -0.140. The summed E-state index contributed by atoms with van der Waals surface area (Å²) in [6.45, 7) is 5.00. The molecule has 1 unspecified atom stereocenters. The fraction of sp³-hybridized carbons (Fsp3) is 0.391. The number of piperidine rings is 1. The number of carbonyl (C=O) groups excluding carboxylic acids is 2. The van der Waals surface area contributed by atoms with E-state index in [4.69, 9.17) is 14.0 Å². The zero-order valence-corrected chi connectivity index (χ0v) is 18.9. The number of hydrogen-bond donors (Lipinski definition) is 1. The zero-order chi connectivity index (χ0) is 23.3. The highest BCUT2D eigenvalue weighted by molar-refractivity contribution is 7.85. The van der Waals surface area contributed by atoms with E-state index in [1.807, 2.05) is 12.1 Å². The molecule has 32 heavy (non-hydrogen) atoms. The molecule has 9 heteroatoms. The molecule has 0 saturated carbocycles. The number of amides is 1. The molecule has 0 radical (unpaired) electrons. The Bertz CT molecular complexity index is 1040. The van der Waals surface area contributed by atoms with Crippen LogP contribution in [0.5, 0.6) is 11.5 Å². The molecule has 1 atom stereocenters. The van der Waals surface area contributed by atoms with E-state index in [1.165, 1.54) is 17.7 Å². The van der Waals surface area contributed by atoms with Gasteiger partial charge in [0.1, 0.15) is 11.5 Å². The fourth-order valence-electron chi connectivity index (χ4n) is 3.44. The minimum absolute atomic E-state index is 0.185. The molecule has 0 aliphatic carbocycles. The average Bonchev–Trinajstić information content (AvgIpc) is 2.79. The van der Waals surface area contributed by atoms with E-state index in [-0.39, 0.29) is 16.6 Å². The third-order valence-electron chi connectivity index (χ3n) is 5.69. The van der Waals surface area contributed by atoms with E-state index >= 15 is 0 Å². The van der Waals surface area contributed by atoms with Gasteiger partial charge in [-0.2, -0.15) is 8.42 Å². The number of rotatable bonds is 6. The molecule has 1 saturated heterocycles. The summed E-state index contributed by atoms with van der Waals surface area (Å²) in [5.74, 6) is 0.287. The van der Waals surface area contributed by atoms with Gasteiger partial charge >= 0.3 is 12.1 Å². The number of benzene rings is 2. The van der Waals surface area contributed by atoms with Crippen molar-refractivity contribution in [3.05, 3.63) is 54.1 Å². The van der Waals surface area contributed by atoms with Crippen molar-refractivity contribution in [2.45, 2.75) is 43.9 Å². The highest BCUT2D eigenvalue weighted by Crippen LogP contribution is 2.24. The van der Waals surface area contributed by atoms with Crippen LogP contribution in [0.15, 0.2) is 53.4 Å². The smallest absolute Gasteiger partial charge is 0.415 e. The predicted molar refractivity (Wildman–Crippen MR) is 117 cm³/mol. The molecule has 2 aromatic carbocycles. The van der Waals surface area contributed by atoms with Crippen LogP contribution in [-0.4, -0.2) is 43.0 Å². The average molecular weight is 462 g/mol. The van der Waals surface area contributed by atoms with E-state index in [2.05, 4.69) is 13.8 Å². The molecule has 1 heterocycles. The molecular formula is C23H27NO7S. The van der Waals surface area contributed by atoms with Crippen LogP contribution in [-0.2, 0) is 14.9 Å². The van der Waals surface area contributed by atoms with E-state index in [0.29, 0.717) is 37.6 Å². The second kappa shape index (κ2) is 10.1. The van der Waals surface area contributed by atoms with Crippen LogP contribution in [0.3, 0.4) is 0 Å². The van der Waals surface area contributed by atoms with Crippen molar-refractivity contribution in [3.63, 3.8) is 0 Å². The van der Waals surface area contributed by atoms with E-state index in [0.717, 1.165) is 18.6 Å². The summed E-state index contributed by atoms with van der Waals surface area (Å²) in [7, 11) is -4.30. The number of nitrogens with zero attached hydrogens (tertiary/aromatic N) is 1. The number of esters is 1. The van der Waals surface area contributed by atoms with Gasteiger partial charge in [0.15, 0.2) is 0 Å². The Kier molecular flexibility index (Phi) is 7.52. The lowest BCUT2D eigenvalue weighted by Gasteiger charge is -2.30. The van der Waals surface area contributed by atoms with Crippen LogP contribution in [0.25, 0.3) is 0 Å². The lowest BCUT2D eigenvalue weighted by Crippen LogP contribution is -2.42. The molecule has 0 spiro atoms. The standard InChI is InChI=1S/C23H27NO7S/c1-3-16(2)17-4-6-20(7-5-17)31-23(26)24-14-12-18(13-15-24)22(25)30-19-8-10-21(11-9-19)32(27,28)29/h4-11,16,18H,3,12-15H2,1-2H3,(H,27,28,29). The van der Waals surface area contributed by atoms with Crippen molar-refractivity contribution in [1.29, 1.82) is 0 Å². The first-order valence-corrected chi connectivity index (χ1v) is 12.0. The molecule has 3 rings (SSSR count). The number of ether oxygens (including phenoxy) is 2. The summed E-state index contributed by atoms with van der Waals surface area (Å²) in [6, 6.07) is 12.4. The highest BCUT2D eigenvalue weighted by atomic mass is 32.2. The maximum Gasteiger partial charge on any atom is 0.415 e. The quantitative estimate of drug-likeness (QED) is 0.389. The monoisotopic (exact) mass is 461 g/mol. The van der Waals surface area contributed by atoms with Gasteiger partial charge in [-0.3, -0.25) is 9.35 Å². The topological polar surface area (TPSA) is 110 Å². The Morgan fingerprint density at radius 2 is 1.53 bits per heavy atom. The van der Waals surface area contributed by atoms with Crippen LogP contribution in [0.1, 0.15) is 44.6 Å². The Morgan fingerprint density at radius 1 is 1.00 bits per heavy atom. The molecule has 1 amide bonds. The van der Waals surface area contributed by atoms with Gasteiger partial charge < -0.3 is 14.4 Å². The Balaban J connectivity index is 1.48. The van der Waals surface area contributed by atoms with Crippen LogP contribution in [0.2, 0.25) is 0 Å². The normalized spacial score (nSPS) is 15.8. The Morgan fingerprint density at radius 3 is 2.06 bits per heavy atom. The Labute approximate surface area is 187 Å². The molecule has 1 N–H and O–H groups in total. The molecule has 8 nitrogen and oxygen atoms in total. The summed E-state index contributed by atoms with van der Waals surface area (Å²) >= 11 is 0. The second-order valence-electron chi connectivity index (χ2n) is 7.88. The van der Waals surface area contributed by atoms with Crippen molar-refractivity contribution >= 4 is 22.2 Å². The second-order valence-corrected chi connectivity index (χ2v) is 9.30. The predicted octanol–water partition coefficient (Wildman–Crippen LogP) is 4.26. The van der Waals surface area contributed by atoms with Crippen molar-refractivity contribution in [1.82, 2.24) is 4.90 Å². The van der Waals surface area contributed by atoms with Gasteiger partial charge in [0.25, 0.3) is 10.1 Å². The van der Waals surface area contributed by atoms with Crippen molar-refractivity contribution in [3.8, 4) is 11.5 Å². The van der Waals surface area contributed by atoms with Gasteiger partial charge in [0.05, 0.1) is 10.8 Å². The number of hydrogen-bond acceptors (Lipinski definition) is 6. The van der Waals surface area contributed by atoms with Gasteiger partial charge in [0, 0.05) is 13.1 Å². The first kappa shape index (κ1) is 23.7. The third kappa shape index (κ3) is 6.08. The molecule has 2 aromatic rings. The van der Waals surface area contributed by atoms with E-state index < -0.39 is 22.2 Å². The van der Waals surface area contributed by atoms with E-state index in [9.17, 15) is 18.0 Å². The lowest BCUT2D eigenvalue weighted by atomic mass is 9.97. The van der Waals surface area contributed by atoms with Crippen molar-refractivity contribution in [2.75, 3.05) is 13.1 Å². The van der Waals surface area contributed by atoms with Crippen LogP contribution in [0.4, 0.5) is 4.79 Å². The van der Waals surface area contributed by atoms with Crippen molar-refractivity contribution in [2.24, 2.45) is 5.92 Å². The van der Waals surface area contributed by atoms with Crippen LogP contribution >= 0.6 is 0 Å². The maximum atomic E-state index is 12.4. The minimum atomic E-state index is -4.30. The molecule has 1 fully saturated rings. The largest absolute Gasteiger partial charge is 0.426 e. The van der Waals surface area contributed by atoms with Gasteiger partial charge in [-0.1, -0.05) is 26.0 Å². The Hall–Kier alpha value is -2.91. The summed E-state index contributed by atoms with van der Waals surface area (Å²) in [6.07, 6.45) is 1.45.